The zero-order valence-electron chi connectivity index (χ0n) is 16.6. The Bertz CT molecular complexity index is 485. The first kappa shape index (κ1) is 32.6. The highest BCUT2D eigenvalue weighted by atomic mass is 31.2. The van der Waals surface area contributed by atoms with Crippen LogP contribution in [0.5, 0.6) is 5.75 Å². The average Bonchev–Trinajstić information content (AvgIpc) is 2.45. The minimum Gasteiger partial charge on any atom is -0.507 e. The molecule has 0 atom stereocenters. The molecule has 168 valence electrons. The first-order chi connectivity index (χ1) is 12.6. The minimum atomic E-state index is -2.62. The fraction of sp³-hybridized carbons (Fsp3) is 0.600. The highest BCUT2D eigenvalue weighted by Gasteiger charge is 2.19. The fourth-order valence-corrected chi connectivity index (χ4v) is 1.95. The van der Waals surface area contributed by atoms with E-state index in [4.69, 9.17) is 44.0 Å². The fourth-order valence-electron chi connectivity index (χ4n) is 1.95. The largest absolute Gasteiger partial charge is 0.507 e. The van der Waals surface area contributed by atoms with Crippen LogP contribution < -0.4 is 0 Å². The molecule has 0 aromatic heterocycles. The summed E-state index contributed by atoms with van der Waals surface area (Å²) >= 11 is 0. The molecule has 0 bridgehead atoms. The first-order valence-corrected chi connectivity index (χ1v) is 11.6. The first-order valence-electron chi connectivity index (χ1n) is 7.99. The molecule has 0 heterocycles. The lowest BCUT2D eigenvalue weighted by Crippen LogP contribution is -2.12. The van der Waals surface area contributed by atoms with Gasteiger partial charge in [-0.2, -0.15) is 0 Å². The molecule has 0 radical (unpaired) electrons. The quantitative estimate of drug-likeness (QED) is 0.293. The van der Waals surface area contributed by atoms with Gasteiger partial charge in [0.1, 0.15) is 5.75 Å². The van der Waals surface area contributed by atoms with Crippen molar-refractivity contribution in [1.29, 1.82) is 0 Å². The number of hydrogen-bond acceptors (Lipinski definition) is 10. The smallest absolute Gasteiger partial charge is 0.324 e. The molecule has 1 rings (SSSR count). The van der Waals surface area contributed by atoms with Crippen LogP contribution in [0.25, 0.3) is 0 Å². The zero-order valence-corrected chi connectivity index (χ0v) is 19.3. The van der Waals surface area contributed by atoms with Crippen LogP contribution >= 0.6 is 25.8 Å². The third-order valence-corrected chi connectivity index (χ3v) is 2.99. The Morgan fingerprint density at radius 2 is 1.14 bits per heavy atom. The van der Waals surface area contributed by atoms with Gasteiger partial charge < -0.3 is 49.1 Å². The molecule has 0 aliphatic carbocycles. The Kier molecular flexibility index (Phi) is 20.7. The van der Waals surface area contributed by atoms with E-state index in [1.807, 2.05) is 6.92 Å². The van der Waals surface area contributed by atoms with Gasteiger partial charge in [0.05, 0.1) is 0 Å². The molecule has 0 saturated heterocycles. The Morgan fingerprint density at radius 1 is 0.786 bits per heavy atom. The number of aryl methyl sites for hydroxylation is 2. The maximum Gasteiger partial charge on any atom is 0.324 e. The van der Waals surface area contributed by atoms with E-state index in [-0.39, 0.29) is 5.41 Å². The van der Waals surface area contributed by atoms with Gasteiger partial charge in [-0.15, -0.1) is 0 Å². The van der Waals surface area contributed by atoms with Crippen molar-refractivity contribution in [2.75, 3.05) is 0 Å². The minimum absolute atomic E-state index is 0.0110. The van der Waals surface area contributed by atoms with E-state index in [0.29, 0.717) is 5.75 Å². The van der Waals surface area contributed by atoms with Crippen molar-refractivity contribution in [1.82, 2.24) is 0 Å². The summed E-state index contributed by atoms with van der Waals surface area (Å²) in [5, 5.41) is 10.1. The molecule has 1 aromatic carbocycles. The number of rotatable bonds is 3. The standard InChI is InChI=1S/C15H24O.3H3O3P/c1-6-7-8-12-9-11(2)14(16)13(10-12)15(3,4)5;3*1-4(2)3/h9-10,16H,6-8H2,1-5H3;3*1-3H. The van der Waals surface area contributed by atoms with Gasteiger partial charge in [-0.3, -0.25) is 0 Å². The van der Waals surface area contributed by atoms with Crippen LogP contribution in [-0.4, -0.2) is 49.1 Å². The number of unbranched alkanes of at least 4 members (excludes halogenated alkanes) is 1. The van der Waals surface area contributed by atoms with E-state index < -0.39 is 25.8 Å². The monoisotopic (exact) mass is 466 g/mol. The SMILES string of the molecule is CCCCc1cc(C)c(O)c(C(C)(C)C)c1.OP(O)O.OP(O)O.OP(O)O. The van der Waals surface area contributed by atoms with Crippen LogP contribution in [0.15, 0.2) is 12.1 Å². The van der Waals surface area contributed by atoms with Gasteiger partial charge in [-0.05, 0) is 41.9 Å². The summed E-state index contributed by atoms with van der Waals surface area (Å²) in [6.07, 6.45) is 3.54. The molecule has 28 heavy (non-hydrogen) atoms. The van der Waals surface area contributed by atoms with Crippen molar-refractivity contribution in [3.63, 3.8) is 0 Å². The molecular weight excluding hydrogens is 433 g/mol. The zero-order chi connectivity index (χ0) is 23.1. The van der Waals surface area contributed by atoms with Gasteiger partial charge in [-0.1, -0.05) is 46.2 Å². The maximum absolute atomic E-state index is 10.1. The maximum atomic E-state index is 10.1. The molecule has 0 fully saturated rings. The van der Waals surface area contributed by atoms with E-state index in [1.54, 1.807) is 0 Å². The number of phenolic OH excluding ortho intramolecular Hbond substituents is 1. The molecular formula is C15H33O10P3. The van der Waals surface area contributed by atoms with Gasteiger partial charge in [0, 0.05) is 0 Å². The van der Waals surface area contributed by atoms with E-state index >= 15 is 0 Å². The van der Waals surface area contributed by atoms with Gasteiger partial charge in [-0.25, -0.2) is 0 Å². The predicted molar refractivity (Wildman–Crippen MR) is 111 cm³/mol. The second kappa shape index (κ2) is 17.8. The molecule has 0 aliphatic heterocycles. The summed E-state index contributed by atoms with van der Waals surface area (Å²) in [7, 11) is -7.86. The molecule has 0 saturated carbocycles. The van der Waals surface area contributed by atoms with Crippen molar-refractivity contribution in [2.45, 2.75) is 59.3 Å². The summed E-state index contributed by atoms with van der Waals surface area (Å²) in [6.45, 7) is 10.6. The Hall–Kier alpha value is -0.0500. The summed E-state index contributed by atoms with van der Waals surface area (Å²) in [4.78, 5) is 65.1. The number of hydrogen-bond donors (Lipinski definition) is 10. The molecule has 10 N–H and O–H groups in total. The lowest BCUT2D eigenvalue weighted by molar-refractivity contribution is 0.366. The third kappa shape index (κ3) is 24.0. The Morgan fingerprint density at radius 3 is 1.43 bits per heavy atom. The Balaban J connectivity index is -0.000000427. The highest BCUT2D eigenvalue weighted by Crippen LogP contribution is 2.34. The van der Waals surface area contributed by atoms with Crippen molar-refractivity contribution in [3.05, 3.63) is 28.8 Å². The summed E-state index contributed by atoms with van der Waals surface area (Å²) < 4.78 is 0. The molecule has 1 aromatic rings. The van der Waals surface area contributed by atoms with Crippen molar-refractivity contribution < 1.29 is 49.1 Å². The molecule has 13 heteroatoms. The number of aromatic hydroxyl groups is 1. The predicted octanol–water partition coefficient (Wildman–Crippen LogP) is 1.91. The van der Waals surface area contributed by atoms with Crippen LogP contribution in [-0.2, 0) is 11.8 Å². The summed E-state index contributed by atoms with van der Waals surface area (Å²) in [5.41, 5.74) is 3.43. The van der Waals surface area contributed by atoms with Gasteiger partial charge in [0.2, 0.25) is 0 Å². The van der Waals surface area contributed by atoms with Crippen LogP contribution in [0.1, 0.15) is 57.2 Å². The van der Waals surface area contributed by atoms with E-state index in [9.17, 15) is 5.11 Å². The molecule has 0 unspecified atom stereocenters. The second-order valence-corrected chi connectivity index (χ2v) is 8.08. The average molecular weight is 466 g/mol. The summed E-state index contributed by atoms with van der Waals surface area (Å²) in [5.74, 6) is 0.466. The van der Waals surface area contributed by atoms with Crippen molar-refractivity contribution in [3.8, 4) is 5.75 Å². The lowest BCUT2D eigenvalue weighted by atomic mass is 9.83. The van der Waals surface area contributed by atoms with Gasteiger partial charge in [0.25, 0.3) is 0 Å². The number of benzene rings is 1. The van der Waals surface area contributed by atoms with E-state index in [1.165, 1.54) is 18.4 Å². The third-order valence-electron chi connectivity index (χ3n) is 2.99. The van der Waals surface area contributed by atoms with Crippen LogP contribution in [0.2, 0.25) is 0 Å². The van der Waals surface area contributed by atoms with Gasteiger partial charge in [0.15, 0.2) is 0 Å². The van der Waals surface area contributed by atoms with E-state index in [2.05, 4.69) is 39.8 Å². The van der Waals surface area contributed by atoms with Crippen LogP contribution in [0.4, 0.5) is 0 Å². The van der Waals surface area contributed by atoms with Gasteiger partial charge >= 0.3 is 25.8 Å². The topological polar surface area (TPSA) is 202 Å². The molecule has 10 nitrogen and oxygen atoms in total. The molecule has 0 aliphatic rings. The lowest BCUT2D eigenvalue weighted by Gasteiger charge is -2.22. The van der Waals surface area contributed by atoms with Crippen LogP contribution in [0, 0.1) is 6.92 Å². The molecule has 0 spiro atoms. The summed E-state index contributed by atoms with van der Waals surface area (Å²) in [6, 6.07) is 4.28. The van der Waals surface area contributed by atoms with Crippen molar-refractivity contribution in [2.24, 2.45) is 0 Å². The normalized spacial score (nSPS) is 10.6. The van der Waals surface area contributed by atoms with Crippen LogP contribution in [0.3, 0.4) is 0 Å². The highest BCUT2D eigenvalue weighted by molar-refractivity contribution is 7.38. The second-order valence-electron chi connectivity index (χ2n) is 6.47. The van der Waals surface area contributed by atoms with Crippen molar-refractivity contribution >= 4 is 25.8 Å². The molecule has 0 amide bonds. The Labute approximate surface area is 169 Å². The number of phenols is 1. The van der Waals surface area contributed by atoms with E-state index in [0.717, 1.165) is 17.5 Å².